The number of benzene rings is 1. The Morgan fingerprint density at radius 3 is 2.50 bits per heavy atom. The molecular weight excluding hydrogens is 234 g/mol. The number of hydrogen-bond donors (Lipinski definition) is 0. The van der Waals surface area contributed by atoms with Gasteiger partial charge < -0.3 is 9.80 Å². The summed E-state index contributed by atoms with van der Waals surface area (Å²) in [5, 5.41) is 0. The molecule has 0 saturated heterocycles. The summed E-state index contributed by atoms with van der Waals surface area (Å²) in [6, 6.07) is 3.76. The third-order valence-corrected chi connectivity index (χ3v) is 3.51. The lowest BCUT2D eigenvalue weighted by atomic mass is 9.92. The summed E-state index contributed by atoms with van der Waals surface area (Å²) in [4.78, 5) is 4.18. The highest BCUT2D eigenvalue weighted by molar-refractivity contribution is 5.26. The molecular formula is C14H18F2N2. The number of rotatable bonds is 3. The molecule has 0 amide bonds. The first kappa shape index (κ1) is 12.9. The predicted molar refractivity (Wildman–Crippen MR) is 67.6 cm³/mol. The van der Waals surface area contributed by atoms with E-state index in [9.17, 15) is 8.78 Å². The molecule has 0 aliphatic carbocycles. The first-order valence-electron chi connectivity index (χ1n) is 6.10. The number of halogens is 2. The van der Waals surface area contributed by atoms with Crippen LogP contribution in [0.1, 0.15) is 26.3 Å². The lowest BCUT2D eigenvalue weighted by Gasteiger charge is -2.37. The normalized spacial score (nSPS) is 15.6. The highest BCUT2D eigenvalue weighted by Crippen LogP contribution is 2.32. The van der Waals surface area contributed by atoms with E-state index in [0.29, 0.717) is 5.56 Å². The average Bonchev–Trinajstić information content (AvgIpc) is 2.77. The maximum Gasteiger partial charge on any atom is 0.131 e. The van der Waals surface area contributed by atoms with E-state index in [2.05, 4.69) is 11.8 Å². The molecule has 4 heteroatoms. The molecule has 98 valence electrons. The molecule has 0 unspecified atom stereocenters. The molecule has 1 aromatic carbocycles. The van der Waals surface area contributed by atoms with Crippen LogP contribution in [0.5, 0.6) is 0 Å². The standard InChI is InChI=1S/C14H18F2N2/c1-4-17-7-8-18(10-17)14(2,3)12-6-5-11(15)9-13(12)16/h5-9H,4,10H2,1-3H3. The second kappa shape index (κ2) is 4.59. The minimum Gasteiger partial charge on any atom is -0.359 e. The van der Waals surface area contributed by atoms with E-state index >= 15 is 0 Å². The lowest BCUT2D eigenvalue weighted by Crippen LogP contribution is -2.40. The topological polar surface area (TPSA) is 6.48 Å². The first-order chi connectivity index (χ1) is 8.45. The average molecular weight is 252 g/mol. The van der Waals surface area contributed by atoms with Crippen molar-refractivity contribution in [2.75, 3.05) is 13.2 Å². The molecule has 0 aromatic heterocycles. The predicted octanol–water partition coefficient (Wildman–Crippen LogP) is 3.27. The highest BCUT2D eigenvalue weighted by atomic mass is 19.1. The van der Waals surface area contributed by atoms with Gasteiger partial charge in [0.1, 0.15) is 11.6 Å². The second-order valence-electron chi connectivity index (χ2n) is 5.00. The number of hydrogen-bond acceptors (Lipinski definition) is 2. The Hall–Kier alpha value is -1.58. The van der Waals surface area contributed by atoms with Crippen molar-refractivity contribution in [2.24, 2.45) is 0 Å². The third kappa shape index (κ3) is 2.19. The van der Waals surface area contributed by atoms with Crippen LogP contribution in [0.4, 0.5) is 8.78 Å². The molecule has 1 heterocycles. The van der Waals surface area contributed by atoms with Crippen molar-refractivity contribution in [1.29, 1.82) is 0 Å². The van der Waals surface area contributed by atoms with E-state index in [-0.39, 0.29) is 0 Å². The monoisotopic (exact) mass is 252 g/mol. The summed E-state index contributed by atoms with van der Waals surface area (Å²) in [5.41, 5.74) is 0.00424. The first-order valence-corrected chi connectivity index (χ1v) is 6.10. The summed E-state index contributed by atoms with van der Waals surface area (Å²) in [6.45, 7) is 7.58. The van der Waals surface area contributed by atoms with Gasteiger partial charge in [-0.2, -0.15) is 0 Å². The van der Waals surface area contributed by atoms with Crippen molar-refractivity contribution in [1.82, 2.24) is 9.80 Å². The molecule has 0 bridgehead atoms. The van der Waals surface area contributed by atoms with Crippen LogP contribution in [0.25, 0.3) is 0 Å². The Kier molecular flexibility index (Phi) is 3.28. The minimum absolute atomic E-state index is 0.497. The van der Waals surface area contributed by atoms with Crippen molar-refractivity contribution >= 4 is 0 Å². The van der Waals surface area contributed by atoms with E-state index in [4.69, 9.17) is 0 Å². The quantitative estimate of drug-likeness (QED) is 0.814. The van der Waals surface area contributed by atoms with E-state index in [1.165, 1.54) is 12.1 Å². The van der Waals surface area contributed by atoms with Crippen molar-refractivity contribution in [3.63, 3.8) is 0 Å². The molecule has 2 nitrogen and oxygen atoms in total. The van der Waals surface area contributed by atoms with Gasteiger partial charge in [0.05, 0.1) is 12.2 Å². The molecule has 2 rings (SSSR count). The SMILES string of the molecule is CCN1C=CN(C(C)(C)c2ccc(F)cc2F)C1. The van der Waals surface area contributed by atoms with Crippen molar-refractivity contribution in [3.05, 3.63) is 47.8 Å². The fourth-order valence-corrected chi connectivity index (χ4v) is 2.17. The zero-order valence-electron chi connectivity index (χ0n) is 11.0. The summed E-state index contributed by atoms with van der Waals surface area (Å²) in [6.07, 6.45) is 3.94. The van der Waals surface area contributed by atoms with E-state index in [1.54, 1.807) is 0 Å². The van der Waals surface area contributed by atoms with Gasteiger partial charge >= 0.3 is 0 Å². The van der Waals surface area contributed by atoms with Crippen LogP contribution in [0.2, 0.25) is 0 Å². The van der Waals surface area contributed by atoms with Gasteiger partial charge in [0, 0.05) is 30.6 Å². The van der Waals surface area contributed by atoms with Crippen molar-refractivity contribution in [2.45, 2.75) is 26.3 Å². The third-order valence-electron chi connectivity index (χ3n) is 3.51. The zero-order chi connectivity index (χ0) is 13.3. The van der Waals surface area contributed by atoms with Crippen LogP contribution in [-0.2, 0) is 5.54 Å². The van der Waals surface area contributed by atoms with E-state index in [0.717, 1.165) is 19.3 Å². The summed E-state index contributed by atoms with van der Waals surface area (Å²) < 4.78 is 26.8. The minimum atomic E-state index is -0.542. The molecule has 0 spiro atoms. The van der Waals surface area contributed by atoms with Crippen LogP contribution in [0, 0.1) is 11.6 Å². The molecule has 0 atom stereocenters. The second-order valence-corrected chi connectivity index (χ2v) is 5.00. The fraction of sp³-hybridized carbons (Fsp3) is 0.429. The van der Waals surface area contributed by atoms with Gasteiger partial charge in [-0.15, -0.1) is 0 Å². The van der Waals surface area contributed by atoms with Gasteiger partial charge in [-0.3, -0.25) is 0 Å². The molecule has 1 aromatic rings. The lowest BCUT2D eigenvalue weighted by molar-refractivity contribution is 0.144. The zero-order valence-corrected chi connectivity index (χ0v) is 11.0. The van der Waals surface area contributed by atoms with Crippen LogP contribution < -0.4 is 0 Å². The van der Waals surface area contributed by atoms with Gasteiger partial charge in [0.15, 0.2) is 0 Å². The smallest absolute Gasteiger partial charge is 0.131 e. The highest BCUT2D eigenvalue weighted by Gasteiger charge is 2.32. The Bertz CT molecular complexity index is 469. The van der Waals surface area contributed by atoms with Crippen LogP contribution in [0.3, 0.4) is 0 Å². The Morgan fingerprint density at radius 2 is 1.94 bits per heavy atom. The van der Waals surface area contributed by atoms with Gasteiger partial charge in [0.2, 0.25) is 0 Å². The molecule has 1 aliphatic rings. The van der Waals surface area contributed by atoms with Crippen LogP contribution >= 0.6 is 0 Å². The Morgan fingerprint density at radius 1 is 1.22 bits per heavy atom. The van der Waals surface area contributed by atoms with Crippen molar-refractivity contribution < 1.29 is 8.78 Å². The maximum atomic E-state index is 13.9. The molecule has 0 fully saturated rings. The van der Waals surface area contributed by atoms with E-state index in [1.807, 2.05) is 31.1 Å². The Labute approximate surface area is 107 Å². The molecule has 18 heavy (non-hydrogen) atoms. The summed E-state index contributed by atoms with van der Waals surface area (Å²) in [5.74, 6) is -1.04. The largest absolute Gasteiger partial charge is 0.359 e. The fourth-order valence-electron chi connectivity index (χ4n) is 2.17. The number of nitrogens with zero attached hydrogens (tertiary/aromatic N) is 2. The molecule has 0 radical (unpaired) electrons. The van der Waals surface area contributed by atoms with Gasteiger partial charge in [0.25, 0.3) is 0 Å². The van der Waals surface area contributed by atoms with Crippen LogP contribution in [0.15, 0.2) is 30.6 Å². The van der Waals surface area contributed by atoms with Gasteiger partial charge in [-0.05, 0) is 26.8 Å². The van der Waals surface area contributed by atoms with Gasteiger partial charge in [-0.1, -0.05) is 6.07 Å². The van der Waals surface area contributed by atoms with E-state index < -0.39 is 17.2 Å². The molecule has 0 N–H and O–H groups in total. The molecule has 0 saturated carbocycles. The maximum absolute atomic E-state index is 13.9. The molecule has 1 aliphatic heterocycles. The van der Waals surface area contributed by atoms with Crippen molar-refractivity contribution in [3.8, 4) is 0 Å². The summed E-state index contributed by atoms with van der Waals surface area (Å²) >= 11 is 0. The Balaban J connectivity index is 2.28. The van der Waals surface area contributed by atoms with Crippen LogP contribution in [-0.4, -0.2) is 23.0 Å². The van der Waals surface area contributed by atoms with Gasteiger partial charge in [-0.25, -0.2) is 8.78 Å². The summed E-state index contributed by atoms with van der Waals surface area (Å²) in [7, 11) is 0.